The Morgan fingerprint density at radius 3 is 3.00 bits per heavy atom. The van der Waals surface area contributed by atoms with E-state index in [1.807, 2.05) is 22.9 Å². The van der Waals surface area contributed by atoms with Gasteiger partial charge in [-0.15, -0.1) is 5.10 Å². The highest BCUT2D eigenvalue weighted by Crippen LogP contribution is 2.25. The zero-order chi connectivity index (χ0) is 12.2. The second-order valence-corrected chi connectivity index (χ2v) is 5.39. The van der Waals surface area contributed by atoms with Crippen LogP contribution in [0.4, 0.5) is 0 Å². The van der Waals surface area contributed by atoms with E-state index in [1.165, 1.54) is 12.8 Å². The van der Waals surface area contributed by atoms with Gasteiger partial charge in [-0.25, -0.2) is 4.68 Å². The largest absolute Gasteiger partial charge is 0.312 e. The summed E-state index contributed by atoms with van der Waals surface area (Å²) in [6, 6.07) is 10.7. The van der Waals surface area contributed by atoms with Crippen molar-refractivity contribution in [2.45, 2.75) is 35.5 Å². The quantitative estimate of drug-likeness (QED) is 0.905. The van der Waals surface area contributed by atoms with E-state index in [0.29, 0.717) is 6.04 Å². The third-order valence-electron chi connectivity index (χ3n) is 3.01. The molecule has 1 saturated heterocycles. The third-order valence-corrected chi connectivity index (χ3v) is 3.99. The fourth-order valence-electron chi connectivity index (χ4n) is 2.10. The van der Waals surface area contributed by atoms with E-state index in [9.17, 15) is 0 Å². The second-order valence-electron chi connectivity index (χ2n) is 4.35. The van der Waals surface area contributed by atoms with Crippen LogP contribution >= 0.6 is 11.8 Å². The molecule has 1 atom stereocenters. The van der Waals surface area contributed by atoms with E-state index >= 15 is 0 Å². The van der Waals surface area contributed by atoms with Crippen LogP contribution in [0.3, 0.4) is 0 Å². The van der Waals surface area contributed by atoms with Crippen LogP contribution in [0.1, 0.15) is 12.8 Å². The lowest BCUT2D eigenvalue weighted by Gasteiger charge is -2.10. The Labute approximate surface area is 110 Å². The lowest BCUT2D eigenvalue weighted by Crippen LogP contribution is -2.27. The molecule has 1 fully saturated rings. The monoisotopic (exact) mass is 261 g/mol. The first-order valence-corrected chi connectivity index (χ1v) is 6.96. The van der Waals surface area contributed by atoms with Gasteiger partial charge >= 0.3 is 0 Å². The molecule has 0 spiro atoms. The number of nitrogens with one attached hydrogen (secondary N) is 1. The lowest BCUT2D eigenvalue weighted by molar-refractivity contribution is 0.443. The Bertz CT molecular complexity index is 492. The minimum absolute atomic E-state index is 0.503. The van der Waals surface area contributed by atoms with Crippen molar-refractivity contribution in [3.8, 4) is 0 Å². The first kappa shape index (κ1) is 11.7. The van der Waals surface area contributed by atoms with Crippen molar-refractivity contribution in [1.82, 2.24) is 25.5 Å². The van der Waals surface area contributed by atoms with Crippen LogP contribution in [0.5, 0.6) is 0 Å². The van der Waals surface area contributed by atoms with Crippen molar-refractivity contribution in [1.29, 1.82) is 0 Å². The minimum Gasteiger partial charge on any atom is -0.312 e. The van der Waals surface area contributed by atoms with E-state index in [1.54, 1.807) is 11.8 Å². The summed E-state index contributed by atoms with van der Waals surface area (Å²) in [6.45, 7) is 1.95. The Hall–Kier alpha value is -1.40. The zero-order valence-corrected chi connectivity index (χ0v) is 10.8. The van der Waals surface area contributed by atoms with Gasteiger partial charge in [-0.05, 0) is 53.7 Å². The van der Waals surface area contributed by atoms with Gasteiger partial charge in [-0.1, -0.05) is 18.2 Å². The summed E-state index contributed by atoms with van der Waals surface area (Å²) in [7, 11) is 0. The molecule has 0 radical (unpaired) electrons. The molecular formula is C12H15N5S. The normalized spacial score (nSPS) is 19.2. The average Bonchev–Trinajstić information content (AvgIpc) is 3.04. The van der Waals surface area contributed by atoms with Gasteiger partial charge in [0.05, 0.1) is 6.54 Å². The van der Waals surface area contributed by atoms with Crippen LogP contribution in [0.25, 0.3) is 0 Å². The third kappa shape index (κ3) is 2.70. The molecule has 2 heterocycles. The Balaban J connectivity index is 1.71. The number of aromatic nitrogens is 4. The number of hydrogen-bond acceptors (Lipinski definition) is 5. The molecule has 0 unspecified atom stereocenters. The highest BCUT2D eigenvalue weighted by atomic mass is 32.2. The zero-order valence-electron chi connectivity index (χ0n) is 9.99. The summed E-state index contributed by atoms with van der Waals surface area (Å²) < 4.78 is 1.89. The van der Waals surface area contributed by atoms with Crippen LogP contribution in [-0.4, -0.2) is 32.8 Å². The van der Waals surface area contributed by atoms with Gasteiger partial charge in [-0.3, -0.25) is 0 Å². The Morgan fingerprint density at radius 2 is 2.22 bits per heavy atom. The van der Waals surface area contributed by atoms with Crippen LogP contribution in [-0.2, 0) is 6.54 Å². The average molecular weight is 261 g/mol. The van der Waals surface area contributed by atoms with Crippen LogP contribution in [0.2, 0.25) is 0 Å². The second kappa shape index (κ2) is 5.49. The molecule has 0 saturated carbocycles. The molecule has 18 heavy (non-hydrogen) atoms. The fourth-order valence-corrected chi connectivity index (χ4v) is 2.90. The summed E-state index contributed by atoms with van der Waals surface area (Å²) in [6.07, 6.45) is 2.45. The molecule has 1 aliphatic rings. The number of benzene rings is 1. The molecule has 5 nitrogen and oxygen atoms in total. The van der Waals surface area contributed by atoms with Crippen LogP contribution in [0.15, 0.2) is 40.4 Å². The first-order valence-electron chi connectivity index (χ1n) is 6.14. The molecule has 6 heteroatoms. The number of nitrogens with zero attached hydrogens (tertiary/aromatic N) is 4. The van der Waals surface area contributed by atoms with Crippen LogP contribution in [0, 0.1) is 0 Å². The minimum atomic E-state index is 0.503. The van der Waals surface area contributed by atoms with Crippen molar-refractivity contribution in [2.75, 3.05) is 6.54 Å². The SMILES string of the molecule is c1ccc(Sc2nnnn2C[C@@H]2CCCN2)cc1. The number of hydrogen-bond donors (Lipinski definition) is 1. The molecule has 1 aliphatic heterocycles. The van der Waals surface area contributed by atoms with Crippen molar-refractivity contribution in [3.05, 3.63) is 30.3 Å². The Kier molecular flexibility index (Phi) is 3.56. The molecule has 2 aromatic rings. The highest BCUT2D eigenvalue weighted by molar-refractivity contribution is 7.99. The van der Waals surface area contributed by atoms with E-state index in [0.717, 1.165) is 23.1 Å². The summed E-state index contributed by atoms with van der Waals surface area (Å²) in [5.74, 6) is 0. The molecule has 0 aliphatic carbocycles. The molecule has 1 aromatic heterocycles. The Morgan fingerprint density at radius 1 is 1.33 bits per heavy atom. The smallest absolute Gasteiger partial charge is 0.214 e. The summed E-state index contributed by atoms with van der Waals surface area (Å²) in [5.41, 5.74) is 0. The van der Waals surface area contributed by atoms with Gasteiger partial charge in [0.1, 0.15) is 0 Å². The van der Waals surface area contributed by atoms with Crippen molar-refractivity contribution >= 4 is 11.8 Å². The van der Waals surface area contributed by atoms with Gasteiger partial charge in [0.15, 0.2) is 0 Å². The predicted octanol–water partition coefficient (Wildman–Crippen LogP) is 1.58. The maximum Gasteiger partial charge on any atom is 0.214 e. The van der Waals surface area contributed by atoms with Gasteiger partial charge in [0.2, 0.25) is 5.16 Å². The van der Waals surface area contributed by atoms with Gasteiger partial charge in [0.25, 0.3) is 0 Å². The summed E-state index contributed by atoms with van der Waals surface area (Å²) in [5, 5.41) is 16.3. The highest BCUT2D eigenvalue weighted by Gasteiger charge is 2.17. The molecular weight excluding hydrogens is 246 g/mol. The first-order chi connectivity index (χ1) is 8.92. The molecule has 0 bridgehead atoms. The lowest BCUT2D eigenvalue weighted by atomic mass is 10.2. The van der Waals surface area contributed by atoms with Gasteiger partial charge in [-0.2, -0.15) is 0 Å². The fraction of sp³-hybridized carbons (Fsp3) is 0.417. The predicted molar refractivity (Wildman–Crippen MR) is 69.4 cm³/mol. The maximum atomic E-state index is 4.09. The number of rotatable bonds is 4. The van der Waals surface area contributed by atoms with Crippen molar-refractivity contribution in [3.63, 3.8) is 0 Å². The maximum absolute atomic E-state index is 4.09. The summed E-state index contributed by atoms with van der Waals surface area (Å²) in [4.78, 5) is 1.16. The standard InChI is InChI=1S/C12H15N5S/c1-2-6-11(7-3-1)18-12-14-15-16-17(12)9-10-5-4-8-13-10/h1-3,6-7,10,13H,4-5,8-9H2/t10-/m0/s1. The molecule has 1 N–H and O–H groups in total. The number of tetrazole rings is 1. The topological polar surface area (TPSA) is 55.6 Å². The van der Waals surface area contributed by atoms with E-state index < -0.39 is 0 Å². The van der Waals surface area contributed by atoms with E-state index in [4.69, 9.17) is 0 Å². The van der Waals surface area contributed by atoms with Gasteiger partial charge in [0, 0.05) is 10.9 Å². The molecule has 3 rings (SSSR count). The molecule has 0 amide bonds. The molecule has 1 aromatic carbocycles. The summed E-state index contributed by atoms with van der Waals surface area (Å²) >= 11 is 1.60. The van der Waals surface area contributed by atoms with Crippen molar-refractivity contribution in [2.24, 2.45) is 0 Å². The van der Waals surface area contributed by atoms with Crippen molar-refractivity contribution < 1.29 is 0 Å². The van der Waals surface area contributed by atoms with Crippen LogP contribution < -0.4 is 5.32 Å². The van der Waals surface area contributed by atoms with Gasteiger partial charge < -0.3 is 5.32 Å². The molecule has 94 valence electrons. The van der Waals surface area contributed by atoms with E-state index in [2.05, 4.69) is 33.0 Å². The van der Waals surface area contributed by atoms with E-state index in [-0.39, 0.29) is 0 Å².